The quantitative estimate of drug-likeness (QED) is 0.181. The van der Waals surface area contributed by atoms with Gasteiger partial charge in [0.1, 0.15) is 0 Å². The monoisotopic (exact) mass is 534 g/mol. The van der Waals surface area contributed by atoms with E-state index in [1.54, 1.807) is 0 Å². The number of hydrogen-bond acceptors (Lipinski definition) is 2. The number of nitrogens with zero attached hydrogens (tertiary/aromatic N) is 2. The second kappa shape index (κ2) is 12.7. The normalized spacial score (nSPS) is 16.0. The molecule has 6 heteroatoms. The molecule has 2 N–H and O–H groups in total. The maximum atomic E-state index is 4.37. The Hall–Kier alpha value is -0.600. The molecule has 1 saturated heterocycles. The average molecular weight is 535 g/mol. The maximum Gasteiger partial charge on any atom is 0.191 e. The molecule has 0 amide bonds. The summed E-state index contributed by atoms with van der Waals surface area (Å²) in [5.41, 5.74) is 2.61. The molecule has 1 aliphatic heterocycles. The molecular formula is C20H32BrIN4. The zero-order valence-corrected chi connectivity index (χ0v) is 19.8. The van der Waals surface area contributed by atoms with E-state index in [9.17, 15) is 0 Å². The Bertz CT molecular complexity index is 583. The van der Waals surface area contributed by atoms with Crippen LogP contribution in [0.3, 0.4) is 0 Å². The molecule has 0 atom stereocenters. The molecule has 26 heavy (non-hydrogen) atoms. The molecule has 1 heterocycles. The van der Waals surface area contributed by atoms with Gasteiger partial charge in [-0.3, -0.25) is 9.89 Å². The van der Waals surface area contributed by atoms with Gasteiger partial charge in [0.15, 0.2) is 5.96 Å². The van der Waals surface area contributed by atoms with Gasteiger partial charge < -0.3 is 10.6 Å². The van der Waals surface area contributed by atoms with Crippen LogP contribution in [0, 0.1) is 0 Å². The van der Waals surface area contributed by atoms with Crippen molar-refractivity contribution in [1.82, 2.24) is 15.5 Å². The van der Waals surface area contributed by atoms with Gasteiger partial charge >= 0.3 is 0 Å². The fourth-order valence-corrected chi connectivity index (χ4v) is 3.64. The molecule has 1 aromatic rings. The Kier molecular flexibility index (Phi) is 11.5. The van der Waals surface area contributed by atoms with Crippen LogP contribution >= 0.6 is 39.9 Å². The van der Waals surface area contributed by atoms with E-state index in [0.717, 1.165) is 62.3 Å². The first-order chi connectivity index (χ1) is 12.1. The highest BCUT2D eigenvalue weighted by molar-refractivity contribution is 14.0. The van der Waals surface area contributed by atoms with Gasteiger partial charge in [0, 0.05) is 43.7 Å². The lowest BCUT2D eigenvalue weighted by Crippen LogP contribution is -2.49. The zero-order valence-electron chi connectivity index (χ0n) is 15.9. The summed E-state index contributed by atoms with van der Waals surface area (Å²) in [5, 5.41) is 7.01. The van der Waals surface area contributed by atoms with Crippen LogP contribution in [0.15, 0.2) is 45.9 Å². The molecule has 0 unspecified atom stereocenters. The van der Waals surface area contributed by atoms with Crippen molar-refractivity contribution < 1.29 is 0 Å². The van der Waals surface area contributed by atoms with Gasteiger partial charge in [-0.15, -0.1) is 24.0 Å². The van der Waals surface area contributed by atoms with Gasteiger partial charge in [-0.25, -0.2) is 0 Å². The number of nitrogens with one attached hydrogen (secondary N) is 2. The van der Waals surface area contributed by atoms with Crippen molar-refractivity contribution in [3.8, 4) is 0 Å². The number of rotatable bonds is 7. The fourth-order valence-electron chi connectivity index (χ4n) is 3.20. The molecule has 0 saturated carbocycles. The number of aryl methyl sites for hydroxylation is 1. The van der Waals surface area contributed by atoms with Gasteiger partial charge in [0.2, 0.25) is 0 Å². The van der Waals surface area contributed by atoms with Crippen LogP contribution < -0.4 is 10.6 Å². The van der Waals surface area contributed by atoms with E-state index >= 15 is 0 Å². The third-order valence-electron chi connectivity index (χ3n) is 4.47. The molecule has 1 aliphatic rings. The highest BCUT2D eigenvalue weighted by Gasteiger charge is 2.19. The Balaban J connectivity index is 0.00000338. The van der Waals surface area contributed by atoms with Crippen LogP contribution in [-0.4, -0.2) is 50.1 Å². The standard InChI is InChI=1S/C20H31BrN4.HI/c1-16(2)15-25-12-9-19(10-13-25)24-20(22-3)23-11-5-7-17-6-4-8-18(21)14-17;/h4,6,8,14,19H,1,5,7,9-13,15H2,2-3H3,(H2,22,23,24);1H. The Morgan fingerprint density at radius 2 is 2.08 bits per heavy atom. The highest BCUT2D eigenvalue weighted by Crippen LogP contribution is 2.13. The van der Waals surface area contributed by atoms with Crippen LogP contribution in [0.25, 0.3) is 0 Å². The topological polar surface area (TPSA) is 39.7 Å². The minimum Gasteiger partial charge on any atom is -0.356 e. The predicted octanol–water partition coefficient (Wildman–Crippen LogP) is 4.21. The summed E-state index contributed by atoms with van der Waals surface area (Å²) in [5.74, 6) is 0.924. The molecule has 0 aromatic heterocycles. The smallest absolute Gasteiger partial charge is 0.191 e. The number of aliphatic imine (C=N–C) groups is 1. The van der Waals surface area contributed by atoms with E-state index in [1.807, 2.05) is 7.05 Å². The Labute approximate surface area is 184 Å². The first-order valence-corrected chi connectivity index (χ1v) is 9.94. The number of hydrogen-bond donors (Lipinski definition) is 2. The minimum absolute atomic E-state index is 0. The number of piperidine rings is 1. The molecular weight excluding hydrogens is 503 g/mol. The van der Waals surface area contributed by atoms with Crippen LogP contribution in [0.2, 0.25) is 0 Å². The summed E-state index contributed by atoms with van der Waals surface area (Å²) >= 11 is 3.53. The second-order valence-electron chi connectivity index (χ2n) is 6.88. The van der Waals surface area contributed by atoms with Crippen molar-refractivity contribution in [1.29, 1.82) is 0 Å². The van der Waals surface area contributed by atoms with E-state index in [4.69, 9.17) is 0 Å². The van der Waals surface area contributed by atoms with Gasteiger partial charge in [-0.2, -0.15) is 0 Å². The van der Waals surface area contributed by atoms with Crippen LogP contribution in [0.4, 0.5) is 0 Å². The summed E-state index contributed by atoms with van der Waals surface area (Å²) in [4.78, 5) is 6.85. The Morgan fingerprint density at radius 1 is 1.35 bits per heavy atom. The Morgan fingerprint density at radius 3 is 2.69 bits per heavy atom. The minimum atomic E-state index is 0. The van der Waals surface area contributed by atoms with E-state index in [-0.39, 0.29) is 24.0 Å². The van der Waals surface area contributed by atoms with Gasteiger partial charge in [0.25, 0.3) is 0 Å². The SMILES string of the molecule is C=C(C)CN1CCC(NC(=NC)NCCCc2cccc(Br)c2)CC1.I. The summed E-state index contributed by atoms with van der Waals surface area (Å²) in [7, 11) is 1.85. The van der Waals surface area contributed by atoms with Gasteiger partial charge in [-0.1, -0.05) is 40.2 Å². The van der Waals surface area contributed by atoms with Crippen molar-refractivity contribution in [3.05, 3.63) is 46.5 Å². The summed E-state index contributed by atoms with van der Waals surface area (Å²) in [6.45, 7) is 10.3. The maximum absolute atomic E-state index is 4.37. The van der Waals surface area contributed by atoms with Crippen molar-refractivity contribution >= 4 is 45.9 Å². The molecule has 0 radical (unpaired) electrons. The molecule has 1 fully saturated rings. The molecule has 0 spiro atoms. The zero-order chi connectivity index (χ0) is 18.1. The summed E-state index contributed by atoms with van der Waals surface area (Å²) in [6.07, 6.45) is 4.48. The number of likely N-dealkylation sites (tertiary alicyclic amines) is 1. The van der Waals surface area contributed by atoms with E-state index in [1.165, 1.54) is 11.1 Å². The van der Waals surface area contributed by atoms with Crippen LogP contribution in [0.1, 0.15) is 31.7 Å². The molecule has 1 aromatic carbocycles. The third kappa shape index (κ3) is 8.86. The van der Waals surface area contributed by atoms with Crippen LogP contribution in [-0.2, 0) is 6.42 Å². The van der Waals surface area contributed by atoms with Crippen molar-refractivity contribution in [2.75, 3.05) is 33.2 Å². The predicted molar refractivity (Wildman–Crippen MR) is 127 cm³/mol. The summed E-state index contributed by atoms with van der Waals surface area (Å²) < 4.78 is 1.15. The number of guanidine groups is 1. The highest BCUT2D eigenvalue weighted by atomic mass is 127. The fraction of sp³-hybridized carbons (Fsp3) is 0.550. The second-order valence-corrected chi connectivity index (χ2v) is 7.80. The van der Waals surface area contributed by atoms with E-state index in [0.29, 0.717) is 6.04 Å². The third-order valence-corrected chi connectivity index (χ3v) is 4.96. The first kappa shape index (κ1) is 23.4. The molecule has 0 aliphatic carbocycles. The molecule has 4 nitrogen and oxygen atoms in total. The van der Waals surface area contributed by atoms with Crippen LogP contribution in [0.5, 0.6) is 0 Å². The number of benzene rings is 1. The van der Waals surface area contributed by atoms with Crippen molar-refractivity contribution in [2.24, 2.45) is 4.99 Å². The molecule has 2 rings (SSSR count). The lowest BCUT2D eigenvalue weighted by molar-refractivity contribution is 0.221. The lowest BCUT2D eigenvalue weighted by atomic mass is 10.0. The largest absolute Gasteiger partial charge is 0.356 e. The lowest BCUT2D eigenvalue weighted by Gasteiger charge is -2.33. The molecule has 0 bridgehead atoms. The number of halogens is 2. The summed E-state index contributed by atoms with van der Waals surface area (Å²) in [6, 6.07) is 9.03. The van der Waals surface area contributed by atoms with E-state index in [2.05, 4.69) is 74.2 Å². The van der Waals surface area contributed by atoms with Crippen molar-refractivity contribution in [3.63, 3.8) is 0 Å². The van der Waals surface area contributed by atoms with Gasteiger partial charge in [0.05, 0.1) is 0 Å². The van der Waals surface area contributed by atoms with Crippen molar-refractivity contribution in [2.45, 2.75) is 38.6 Å². The van der Waals surface area contributed by atoms with Gasteiger partial charge in [-0.05, 0) is 50.3 Å². The average Bonchev–Trinajstić information content (AvgIpc) is 2.59. The van der Waals surface area contributed by atoms with E-state index < -0.39 is 0 Å². The molecule has 146 valence electrons. The first-order valence-electron chi connectivity index (χ1n) is 9.15.